The van der Waals surface area contributed by atoms with Crippen molar-refractivity contribution in [2.45, 2.75) is 47.2 Å². The summed E-state index contributed by atoms with van der Waals surface area (Å²) in [6.45, 7) is -0.211. The minimum absolute atomic E-state index is 0. The van der Waals surface area contributed by atoms with Crippen LogP contribution in [0.25, 0.3) is 5.69 Å². The van der Waals surface area contributed by atoms with Crippen LogP contribution in [0.4, 0.5) is 13.2 Å². The maximum atomic E-state index is 13.8. The monoisotopic (exact) mass is 516 g/mol. The molecule has 1 aliphatic carbocycles. The fourth-order valence-corrected chi connectivity index (χ4v) is 5.67. The summed E-state index contributed by atoms with van der Waals surface area (Å²) >= 11 is 0. The first-order valence-electron chi connectivity index (χ1n) is 10.1. The van der Waals surface area contributed by atoms with Gasteiger partial charge in [-0.25, -0.2) is 8.42 Å². The Morgan fingerprint density at radius 3 is 2.53 bits per heavy atom. The quantitative estimate of drug-likeness (QED) is 0.626. The maximum absolute atomic E-state index is 13.8. The SMILES string of the molecule is Cl.N#CC1(NC(=O)[C@@H]2C[C@@H](S(=O)(=O)c3ccc(-n4ccccc4=O)cc3C(F)(F)F)CN2)CC1. The van der Waals surface area contributed by atoms with E-state index < -0.39 is 54.8 Å². The zero-order chi connectivity index (χ0) is 24.0. The lowest BCUT2D eigenvalue weighted by atomic mass is 10.2. The summed E-state index contributed by atoms with van der Waals surface area (Å²) in [6, 6.07) is 7.74. The molecule has 2 aliphatic rings. The molecule has 0 bridgehead atoms. The summed E-state index contributed by atoms with van der Waals surface area (Å²) in [5, 5.41) is 13.1. The van der Waals surface area contributed by atoms with E-state index in [2.05, 4.69) is 10.6 Å². The molecule has 0 radical (unpaired) electrons. The van der Waals surface area contributed by atoms with E-state index in [1.807, 2.05) is 6.07 Å². The van der Waals surface area contributed by atoms with Crippen molar-refractivity contribution in [1.82, 2.24) is 15.2 Å². The third-order valence-electron chi connectivity index (χ3n) is 5.85. The van der Waals surface area contributed by atoms with Gasteiger partial charge in [-0.1, -0.05) is 6.07 Å². The second-order valence-corrected chi connectivity index (χ2v) is 10.3. The number of aromatic nitrogens is 1. The predicted octanol–water partition coefficient (Wildman–Crippen LogP) is 1.95. The van der Waals surface area contributed by atoms with Crippen LogP contribution in [0.5, 0.6) is 0 Å². The van der Waals surface area contributed by atoms with E-state index in [0.29, 0.717) is 18.9 Å². The number of alkyl halides is 3. The Bertz CT molecular complexity index is 1320. The summed E-state index contributed by atoms with van der Waals surface area (Å²) in [6.07, 6.45) is -2.95. The van der Waals surface area contributed by atoms with Crippen LogP contribution in [-0.2, 0) is 20.8 Å². The second-order valence-electron chi connectivity index (χ2n) is 8.13. The number of nitriles is 1. The number of halogens is 4. The van der Waals surface area contributed by atoms with Gasteiger partial charge >= 0.3 is 6.18 Å². The Balaban J connectivity index is 0.00000324. The Labute approximate surface area is 199 Å². The van der Waals surface area contributed by atoms with Gasteiger partial charge in [0.15, 0.2) is 9.84 Å². The summed E-state index contributed by atoms with van der Waals surface area (Å²) < 4.78 is 68.8. The van der Waals surface area contributed by atoms with Crippen molar-refractivity contribution in [2.75, 3.05) is 6.54 Å². The van der Waals surface area contributed by atoms with Crippen molar-refractivity contribution >= 4 is 28.2 Å². The van der Waals surface area contributed by atoms with Crippen molar-refractivity contribution in [2.24, 2.45) is 0 Å². The van der Waals surface area contributed by atoms with E-state index in [-0.39, 0.29) is 31.1 Å². The average Bonchev–Trinajstić information content (AvgIpc) is 3.34. The van der Waals surface area contributed by atoms with Crippen molar-refractivity contribution < 1.29 is 26.4 Å². The van der Waals surface area contributed by atoms with Gasteiger partial charge in [-0.15, -0.1) is 12.4 Å². The van der Waals surface area contributed by atoms with Gasteiger partial charge in [-0.05, 0) is 43.5 Å². The highest BCUT2D eigenvalue weighted by molar-refractivity contribution is 7.92. The summed E-state index contributed by atoms with van der Waals surface area (Å²) in [4.78, 5) is 23.5. The third-order valence-corrected chi connectivity index (χ3v) is 8.05. The van der Waals surface area contributed by atoms with Crippen LogP contribution in [0.1, 0.15) is 24.8 Å². The molecule has 1 aliphatic heterocycles. The largest absolute Gasteiger partial charge is 0.417 e. The Morgan fingerprint density at radius 1 is 1.24 bits per heavy atom. The molecular formula is C21H20ClF3N4O4S. The number of nitrogens with one attached hydrogen (secondary N) is 2. The van der Waals surface area contributed by atoms with Crippen LogP contribution in [0.15, 0.2) is 52.3 Å². The average molecular weight is 517 g/mol. The van der Waals surface area contributed by atoms with Gasteiger partial charge in [0, 0.05) is 24.5 Å². The predicted molar refractivity (Wildman–Crippen MR) is 117 cm³/mol. The molecule has 13 heteroatoms. The van der Waals surface area contributed by atoms with Crippen molar-refractivity contribution in [3.8, 4) is 11.8 Å². The molecule has 1 saturated heterocycles. The summed E-state index contributed by atoms with van der Waals surface area (Å²) in [7, 11) is -4.48. The fourth-order valence-electron chi connectivity index (χ4n) is 3.81. The highest BCUT2D eigenvalue weighted by Crippen LogP contribution is 2.38. The minimum atomic E-state index is -5.00. The van der Waals surface area contributed by atoms with Crippen LogP contribution in [0.2, 0.25) is 0 Å². The van der Waals surface area contributed by atoms with Gasteiger partial charge in [0.25, 0.3) is 5.56 Å². The van der Waals surface area contributed by atoms with Crippen LogP contribution in [0.3, 0.4) is 0 Å². The molecule has 4 rings (SSSR count). The lowest BCUT2D eigenvalue weighted by molar-refractivity contribution is -0.139. The number of nitrogens with zero attached hydrogens (tertiary/aromatic N) is 2. The maximum Gasteiger partial charge on any atom is 0.417 e. The number of pyridine rings is 1. The van der Waals surface area contributed by atoms with Gasteiger partial charge in [0.2, 0.25) is 5.91 Å². The van der Waals surface area contributed by atoms with Gasteiger partial charge < -0.3 is 10.6 Å². The van der Waals surface area contributed by atoms with Crippen molar-refractivity contribution in [3.05, 3.63) is 58.5 Å². The number of carbonyl (C=O) groups is 1. The molecule has 1 saturated carbocycles. The van der Waals surface area contributed by atoms with Crippen LogP contribution < -0.4 is 16.2 Å². The van der Waals surface area contributed by atoms with Crippen molar-refractivity contribution in [1.29, 1.82) is 5.26 Å². The highest BCUT2D eigenvalue weighted by atomic mass is 35.5. The Hall–Kier alpha value is -2.88. The second kappa shape index (κ2) is 9.05. The van der Waals surface area contributed by atoms with Crippen LogP contribution >= 0.6 is 12.4 Å². The van der Waals surface area contributed by atoms with E-state index in [0.717, 1.165) is 16.7 Å². The molecule has 1 aromatic carbocycles. The number of rotatable bonds is 5. The van der Waals surface area contributed by atoms with Gasteiger partial charge in [-0.3, -0.25) is 14.2 Å². The van der Waals surface area contributed by atoms with Gasteiger partial charge in [0.1, 0.15) is 5.54 Å². The van der Waals surface area contributed by atoms with E-state index in [1.54, 1.807) is 0 Å². The Kier molecular flexibility index (Phi) is 6.85. The van der Waals surface area contributed by atoms with Gasteiger partial charge in [-0.2, -0.15) is 18.4 Å². The molecular weight excluding hydrogens is 497 g/mol. The first-order chi connectivity index (χ1) is 15.5. The fraction of sp³-hybridized carbons (Fsp3) is 0.381. The normalized spacial score (nSPS) is 21.2. The molecule has 0 spiro atoms. The van der Waals surface area contributed by atoms with E-state index in [9.17, 15) is 31.2 Å². The van der Waals surface area contributed by atoms with Crippen LogP contribution in [0, 0.1) is 11.3 Å². The number of amides is 1. The zero-order valence-corrected chi connectivity index (χ0v) is 19.1. The molecule has 2 heterocycles. The number of hydrogen-bond donors (Lipinski definition) is 2. The summed E-state index contributed by atoms with van der Waals surface area (Å²) in [5.41, 5.74) is -3.02. The molecule has 2 aromatic rings. The molecule has 1 amide bonds. The molecule has 182 valence electrons. The number of benzene rings is 1. The number of hydrogen-bond acceptors (Lipinski definition) is 6. The van der Waals surface area contributed by atoms with E-state index in [4.69, 9.17) is 5.26 Å². The first-order valence-corrected chi connectivity index (χ1v) is 11.6. The molecule has 2 N–H and O–H groups in total. The third kappa shape index (κ3) is 4.82. The molecule has 8 nitrogen and oxygen atoms in total. The lowest BCUT2D eigenvalue weighted by Crippen LogP contribution is -2.45. The van der Waals surface area contributed by atoms with E-state index >= 15 is 0 Å². The van der Waals surface area contributed by atoms with Gasteiger partial charge in [0.05, 0.1) is 27.8 Å². The topological polar surface area (TPSA) is 121 Å². The number of sulfone groups is 1. The first kappa shape index (κ1) is 25.7. The molecule has 2 atom stereocenters. The van der Waals surface area contributed by atoms with E-state index in [1.165, 1.54) is 24.4 Å². The van der Waals surface area contributed by atoms with Crippen LogP contribution in [-0.4, -0.2) is 42.3 Å². The number of carbonyl (C=O) groups excluding carboxylic acids is 1. The minimum Gasteiger partial charge on any atom is -0.336 e. The lowest BCUT2D eigenvalue weighted by Gasteiger charge is -2.18. The smallest absolute Gasteiger partial charge is 0.336 e. The highest BCUT2D eigenvalue weighted by Gasteiger charge is 2.48. The molecule has 34 heavy (non-hydrogen) atoms. The standard InChI is InChI=1S/C21H19F3N4O4S.ClH/c22-21(23,24)15-9-13(28-8-2-1-3-18(28)29)4-5-17(15)33(31,32)14-10-16(26-11-14)19(30)27-20(12-25)6-7-20;/h1-5,8-9,14,16,26H,6-7,10-11H2,(H,27,30);1H/t14-,16+;/m1./s1. The molecule has 2 fully saturated rings. The zero-order valence-electron chi connectivity index (χ0n) is 17.5. The Morgan fingerprint density at radius 2 is 1.94 bits per heavy atom. The summed E-state index contributed by atoms with van der Waals surface area (Å²) in [5.74, 6) is -0.554. The molecule has 1 aromatic heterocycles. The van der Waals surface area contributed by atoms with Crippen molar-refractivity contribution in [3.63, 3.8) is 0 Å². The molecule has 0 unspecified atom stereocenters.